The van der Waals surface area contributed by atoms with E-state index in [1.165, 1.54) is 17.8 Å². The van der Waals surface area contributed by atoms with Gasteiger partial charge in [-0.25, -0.2) is 4.79 Å². The van der Waals surface area contributed by atoms with Crippen molar-refractivity contribution in [2.75, 3.05) is 0 Å². The normalized spacial score (nSPS) is 10.6. The summed E-state index contributed by atoms with van der Waals surface area (Å²) in [6.45, 7) is 0. The average molecular weight is 353 g/mol. The van der Waals surface area contributed by atoms with Crippen LogP contribution in [-0.4, -0.2) is 26.3 Å². The number of thioether (sulfide) groups is 1. The number of aromatic nitrogens is 3. The lowest BCUT2D eigenvalue weighted by Crippen LogP contribution is -2.17. The molecule has 2 aromatic carbocycles. The zero-order chi connectivity index (χ0) is 17.6. The summed E-state index contributed by atoms with van der Waals surface area (Å²) in [5, 5.41) is 17.5. The van der Waals surface area contributed by atoms with Gasteiger partial charge in [-0.3, -0.25) is 9.78 Å². The van der Waals surface area contributed by atoms with E-state index >= 15 is 0 Å². The molecule has 0 unspecified atom stereocenters. The van der Waals surface area contributed by atoms with Gasteiger partial charge in [0.2, 0.25) is 0 Å². The van der Waals surface area contributed by atoms with Crippen molar-refractivity contribution >= 4 is 17.7 Å². The Morgan fingerprint density at radius 3 is 2.52 bits per heavy atom. The number of carboxylic acid groups (broad SMARTS) is 1. The lowest BCUT2D eigenvalue weighted by molar-refractivity contribution is 0.0697. The third-order valence-electron chi connectivity index (χ3n) is 3.51. The summed E-state index contributed by atoms with van der Waals surface area (Å²) in [5.74, 6) is -0.477. The van der Waals surface area contributed by atoms with Crippen LogP contribution in [0.3, 0.4) is 0 Å². The third-order valence-corrected chi connectivity index (χ3v) is 4.44. The Labute approximate surface area is 148 Å². The summed E-state index contributed by atoms with van der Waals surface area (Å²) >= 11 is 1.30. The molecule has 0 saturated carbocycles. The lowest BCUT2D eigenvalue weighted by atomic mass is 10.1. The highest BCUT2D eigenvalue weighted by Gasteiger charge is 2.08. The molecule has 0 aliphatic heterocycles. The zero-order valence-electron chi connectivity index (χ0n) is 13.2. The van der Waals surface area contributed by atoms with Gasteiger partial charge in [-0.2, -0.15) is 0 Å². The monoisotopic (exact) mass is 353 g/mol. The van der Waals surface area contributed by atoms with Gasteiger partial charge >= 0.3 is 5.97 Å². The summed E-state index contributed by atoms with van der Waals surface area (Å²) in [7, 11) is 0. The van der Waals surface area contributed by atoms with Gasteiger partial charge in [0.05, 0.1) is 5.56 Å². The average Bonchev–Trinajstić information content (AvgIpc) is 2.63. The van der Waals surface area contributed by atoms with Gasteiger partial charge in [0, 0.05) is 12.2 Å². The van der Waals surface area contributed by atoms with Crippen LogP contribution in [0.5, 0.6) is 0 Å². The van der Waals surface area contributed by atoms with Gasteiger partial charge in [-0.05, 0) is 23.3 Å². The molecule has 6 nitrogen and oxygen atoms in total. The van der Waals surface area contributed by atoms with Gasteiger partial charge in [-0.1, -0.05) is 54.2 Å². The van der Waals surface area contributed by atoms with Crippen molar-refractivity contribution in [1.29, 1.82) is 0 Å². The van der Waals surface area contributed by atoms with E-state index in [1.54, 1.807) is 12.1 Å². The Morgan fingerprint density at radius 2 is 1.80 bits per heavy atom. The molecule has 3 rings (SSSR count). The predicted molar refractivity (Wildman–Crippen MR) is 94.9 cm³/mol. The number of carboxylic acids is 1. The molecule has 0 amide bonds. The molecule has 0 saturated heterocycles. The van der Waals surface area contributed by atoms with E-state index in [0.717, 1.165) is 11.1 Å². The third kappa shape index (κ3) is 4.54. The largest absolute Gasteiger partial charge is 0.478 e. The SMILES string of the molecule is O=C(O)c1cccc(CSc2nnc(Cc3ccccc3)c(=O)[nH]2)c1. The van der Waals surface area contributed by atoms with E-state index < -0.39 is 5.97 Å². The van der Waals surface area contributed by atoms with Gasteiger partial charge in [0.25, 0.3) is 5.56 Å². The molecule has 0 aliphatic carbocycles. The first-order chi connectivity index (χ1) is 12.1. The number of rotatable bonds is 6. The van der Waals surface area contributed by atoms with Crippen LogP contribution in [0.25, 0.3) is 0 Å². The predicted octanol–water partition coefficient (Wildman–Crippen LogP) is 2.75. The minimum atomic E-state index is -0.967. The molecule has 0 spiro atoms. The summed E-state index contributed by atoms with van der Waals surface area (Å²) in [5.41, 5.74) is 2.16. The number of aromatic carboxylic acids is 1. The number of hydrogen-bond donors (Lipinski definition) is 2. The van der Waals surface area contributed by atoms with Crippen molar-refractivity contribution in [1.82, 2.24) is 15.2 Å². The van der Waals surface area contributed by atoms with Gasteiger partial charge in [0.1, 0.15) is 5.69 Å². The van der Waals surface area contributed by atoms with E-state index in [9.17, 15) is 9.59 Å². The number of aromatic amines is 1. The standard InChI is InChI=1S/C18H15N3O3S/c22-16-15(10-12-5-2-1-3-6-12)20-21-18(19-16)25-11-13-7-4-8-14(9-13)17(23)24/h1-9H,10-11H2,(H,23,24)(H,19,21,22). The van der Waals surface area contributed by atoms with E-state index in [0.29, 0.717) is 23.0 Å². The molecular weight excluding hydrogens is 338 g/mol. The second-order valence-corrected chi connectivity index (χ2v) is 6.33. The Hall–Kier alpha value is -2.93. The van der Waals surface area contributed by atoms with Crippen LogP contribution in [0.15, 0.2) is 64.5 Å². The maximum absolute atomic E-state index is 12.2. The smallest absolute Gasteiger partial charge is 0.335 e. The lowest BCUT2D eigenvalue weighted by Gasteiger charge is -2.04. The minimum Gasteiger partial charge on any atom is -0.478 e. The van der Waals surface area contributed by atoms with Crippen molar-refractivity contribution in [3.63, 3.8) is 0 Å². The molecule has 1 aromatic heterocycles. The van der Waals surface area contributed by atoms with Crippen LogP contribution in [0.1, 0.15) is 27.2 Å². The highest BCUT2D eigenvalue weighted by molar-refractivity contribution is 7.98. The molecule has 3 aromatic rings. The molecule has 2 N–H and O–H groups in total. The highest BCUT2D eigenvalue weighted by atomic mass is 32.2. The van der Waals surface area contributed by atoms with Gasteiger partial charge in [-0.15, -0.1) is 10.2 Å². The van der Waals surface area contributed by atoms with Gasteiger partial charge in [0.15, 0.2) is 5.16 Å². The fourth-order valence-electron chi connectivity index (χ4n) is 2.26. The Balaban J connectivity index is 1.68. The number of hydrogen-bond acceptors (Lipinski definition) is 5. The zero-order valence-corrected chi connectivity index (χ0v) is 14.0. The maximum Gasteiger partial charge on any atom is 0.335 e. The number of benzene rings is 2. The molecule has 0 bridgehead atoms. The first-order valence-corrected chi connectivity index (χ1v) is 8.55. The van der Waals surface area contributed by atoms with Crippen molar-refractivity contribution in [2.24, 2.45) is 0 Å². The number of nitrogens with zero attached hydrogens (tertiary/aromatic N) is 2. The van der Waals surface area contributed by atoms with Crippen LogP contribution in [0.2, 0.25) is 0 Å². The fraction of sp³-hybridized carbons (Fsp3) is 0.111. The molecule has 7 heteroatoms. The molecule has 126 valence electrons. The summed E-state index contributed by atoms with van der Waals surface area (Å²) in [6.07, 6.45) is 0.425. The van der Waals surface area contributed by atoms with Gasteiger partial charge < -0.3 is 5.11 Å². The summed E-state index contributed by atoms with van der Waals surface area (Å²) in [6, 6.07) is 16.3. The minimum absolute atomic E-state index is 0.232. The van der Waals surface area contributed by atoms with Crippen molar-refractivity contribution in [3.05, 3.63) is 87.3 Å². The van der Waals surface area contributed by atoms with E-state index in [2.05, 4.69) is 15.2 Å². The van der Waals surface area contributed by atoms with Crippen molar-refractivity contribution < 1.29 is 9.90 Å². The van der Waals surface area contributed by atoms with Crippen LogP contribution in [0.4, 0.5) is 0 Å². The van der Waals surface area contributed by atoms with E-state index in [1.807, 2.05) is 36.4 Å². The fourth-order valence-corrected chi connectivity index (χ4v) is 3.01. The topological polar surface area (TPSA) is 95.9 Å². The summed E-state index contributed by atoms with van der Waals surface area (Å²) in [4.78, 5) is 25.9. The van der Waals surface area contributed by atoms with Crippen molar-refractivity contribution in [2.45, 2.75) is 17.3 Å². The summed E-state index contributed by atoms with van der Waals surface area (Å²) < 4.78 is 0. The molecule has 0 fully saturated rings. The van der Waals surface area contributed by atoms with Crippen molar-refractivity contribution in [3.8, 4) is 0 Å². The second-order valence-electron chi connectivity index (χ2n) is 5.36. The second kappa shape index (κ2) is 7.76. The quantitative estimate of drug-likeness (QED) is 0.662. The maximum atomic E-state index is 12.2. The number of H-pyrrole nitrogens is 1. The van der Waals surface area contributed by atoms with Crippen LogP contribution >= 0.6 is 11.8 Å². The first-order valence-electron chi connectivity index (χ1n) is 7.56. The van der Waals surface area contributed by atoms with Crippen LogP contribution < -0.4 is 5.56 Å². The van der Waals surface area contributed by atoms with E-state index in [-0.39, 0.29) is 11.1 Å². The first kappa shape index (κ1) is 16.9. The Kier molecular flexibility index (Phi) is 5.25. The molecule has 0 aliphatic rings. The molecule has 25 heavy (non-hydrogen) atoms. The highest BCUT2D eigenvalue weighted by Crippen LogP contribution is 2.18. The van der Waals surface area contributed by atoms with Crippen LogP contribution in [-0.2, 0) is 12.2 Å². The molecule has 0 atom stereocenters. The van der Waals surface area contributed by atoms with Crippen LogP contribution in [0, 0.1) is 0 Å². The Bertz CT molecular complexity index is 942. The van der Waals surface area contributed by atoms with E-state index in [4.69, 9.17) is 5.11 Å². The Morgan fingerprint density at radius 1 is 1.04 bits per heavy atom. The number of carbonyl (C=O) groups is 1. The molecule has 0 radical (unpaired) electrons. The molecule has 1 heterocycles. The molecular formula is C18H15N3O3S. The number of nitrogens with one attached hydrogen (secondary N) is 1.